The second-order valence-electron chi connectivity index (χ2n) is 8.75. The molecular formula is C25H34N4O3S. The number of pyridine rings is 1. The lowest BCUT2D eigenvalue weighted by molar-refractivity contribution is 0.0951. The number of para-hydroxylation sites is 1. The minimum Gasteiger partial charge on any atom is -0.494 e. The second kappa shape index (κ2) is 10.7. The molecule has 178 valence electrons. The van der Waals surface area contributed by atoms with Crippen LogP contribution in [0, 0.1) is 0 Å². The van der Waals surface area contributed by atoms with E-state index in [1.54, 1.807) is 0 Å². The molecular weight excluding hydrogens is 436 g/mol. The molecule has 0 atom stereocenters. The lowest BCUT2D eigenvalue weighted by atomic mass is 10.1. The van der Waals surface area contributed by atoms with Crippen molar-refractivity contribution in [3.05, 3.63) is 39.5 Å². The number of carbonyl (C=O) groups excluding carboxylic acids is 1. The van der Waals surface area contributed by atoms with E-state index in [0.29, 0.717) is 29.1 Å². The summed E-state index contributed by atoms with van der Waals surface area (Å²) in [5, 5.41) is 4.55. The van der Waals surface area contributed by atoms with Crippen molar-refractivity contribution in [2.45, 2.75) is 32.7 Å². The maximum atomic E-state index is 13.5. The first-order chi connectivity index (χ1) is 16.0. The van der Waals surface area contributed by atoms with Gasteiger partial charge in [-0.15, -0.1) is 11.3 Å². The first kappa shape index (κ1) is 23.7. The van der Waals surface area contributed by atoms with Crippen LogP contribution in [0.1, 0.15) is 35.9 Å². The molecule has 3 aromatic rings. The summed E-state index contributed by atoms with van der Waals surface area (Å²) in [6, 6.07) is 7.93. The number of hydrogen-bond donors (Lipinski definition) is 1. The van der Waals surface area contributed by atoms with E-state index in [4.69, 9.17) is 4.74 Å². The molecule has 1 N–H and O–H groups in total. The number of carbonyl (C=O) groups is 1. The molecule has 1 saturated heterocycles. The van der Waals surface area contributed by atoms with Gasteiger partial charge in [-0.1, -0.05) is 31.5 Å². The lowest BCUT2D eigenvalue weighted by Crippen LogP contribution is -2.45. The van der Waals surface area contributed by atoms with Gasteiger partial charge in [0.25, 0.3) is 11.5 Å². The molecule has 1 amide bonds. The van der Waals surface area contributed by atoms with Crippen molar-refractivity contribution in [3.8, 4) is 5.75 Å². The molecule has 33 heavy (non-hydrogen) atoms. The van der Waals surface area contributed by atoms with Crippen LogP contribution in [-0.4, -0.2) is 73.7 Å². The van der Waals surface area contributed by atoms with Gasteiger partial charge in [0.15, 0.2) is 5.75 Å². The minimum absolute atomic E-state index is 0.0839. The molecule has 0 saturated carbocycles. The SMILES string of the molecule is CCCCn1c(=O)c2c(OC)c(C(=O)NCCCN3CCN(C)CC3)sc2c2ccccc21. The molecule has 8 heteroatoms. The largest absolute Gasteiger partial charge is 0.494 e. The third-order valence-electron chi connectivity index (χ3n) is 6.44. The Labute approximate surface area is 198 Å². The summed E-state index contributed by atoms with van der Waals surface area (Å²) in [4.78, 5) is 31.8. The standard InChI is InChI=1S/C25H34N4O3S/c1-4-5-13-29-19-10-7-6-9-18(19)22-20(25(29)31)21(32-3)23(33-22)24(30)26-11-8-12-28-16-14-27(2)15-17-28/h6-7,9-10H,4-5,8,11-17H2,1-3H3,(H,26,30). The number of nitrogens with zero attached hydrogens (tertiary/aromatic N) is 3. The first-order valence-corrected chi connectivity index (χ1v) is 12.7. The van der Waals surface area contributed by atoms with E-state index < -0.39 is 0 Å². The van der Waals surface area contributed by atoms with Crippen LogP contribution in [0.15, 0.2) is 29.1 Å². The highest BCUT2D eigenvalue weighted by molar-refractivity contribution is 7.22. The molecule has 4 rings (SSSR count). The summed E-state index contributed by atoms with van der Waals surface area (Å²) in [6.07, 6.45) is 2.82. The van der Waals surface area contributed by atoms with Crippen molar-refractivity contribution in [3.63, 3.8) is 0 Å². The van der Waals surface area contributed by atoms with Gasteiger partial charge in [-0.2, -0.15) is 0 Å². The Bertz CT molecular complexity index is 1180. The number of methoxy groups -OCH3 is 1. The monoisotopic (exact) mass is 470 g/mol. The van der Waals surface area contributed by atoms with Crippen LogP contribution in [0.4, 0.5) is 0 Å². The summed E-state index contributed by atoms with van der Waals surface area (Å²) in [5.41, 5.74) is 0.825. The Morgan fingerprint density at radius 1 is 1.12 bits per heavy atom. The molecule has 1 aliphatic rings. The Kier molecular flexibility index (Phi) is 7.67. The number of likely N-dealkylation sites (N-methyl/N-ethyl adjacent to an activating group) is 1. The van der Waals surface area contributed by atoms with Crippen molar-refractivity contribution in [1.82, 2.24) is 19.7 Å². The summed E-state index contributed by atoms with van der Waals surface area (Å²) in [5.74, 6) is 0.225. The van der Waals surface area contributed by atoms with Gasteiger partial charge in [0, 0.05) is 44.7 Å². The molecule has 0 spiro atoms. The molecule has 2 aromatic heterocycles. The number of hydrogen-bond acceptors (Lipinski definition) is 6. The average Bonchev–Trinajstić information content (AvgIpc) is 3.23. The zero-order valence-corrected chi connectivity index (χ0v) is 20.7. The molecule has 7 nitrogen and oxygen atoms in total. The third kappa shape index (κ3) is 4.93. The Morgan fingerprint density at radius 3 is 2.61 bits per heavy atom. The predicted molar refractivity (Wildman–Crippen MR) is 136 cm³/mol. The van der Waals surface area contributed by atoms with Gasteiger partial charge in [0.2, 0.25) is 0 Å². The second-order valence-corrected chi connectivity index (χ2v) is 9.77. The van der Waals surface area contributed by atoms with E-state index in [1.807, 2.05) is 28.8 Å². The number of rotatable bonds is 9. The molecule has 0 bridgehead atoms. The number of amides is 1. The van der Waals surface area contributed by atoms with Crippen molar-refractivity contribution in [2.75, 3.05) is 53.4 Å². The quantitative estimate of drug-likeness (QED) is 0.486. The van der Waals surface area contributed by atoms with Crippen molar-refractivity contribution >= 4 is 38.2 Å². The molecule has 3 heterocycles. The molecule has 1 aromatic carbocycles. The Balaban J connectivity index is 1.57. The Hall–Kier alpha value is -2.42. The van der Waals surface area contributed by atoms with E-state index >= 15 is 0 Å². The van der Waals surface area contributed by atoms with Crippen LogP contribution in [0.3, 0.4) is 0 Å². The zero-order chi connectivity index (χ0) is 23.4. The molecule has 1 aliphatic heterocycles. The number of aromatic nitrogens is 1. The van der Waals surface area contributed by atoms with Gasteiger partial charge >= 0.3 is 0 Å². The Morgan fingerprint density at radius 2 is 1.88 bits per heavy atom. The highest BCUT2D eigenvalue weighted by atomic mass is 32.1. The van der Waals surface area contributed by atoms with Crippen molar-refractivity contribution < 1.29 is 9.53 Å². The number of nitrogens with one attached hydrogen (secondary N) is 1. The van der Waals surface area contributed by atoms with Crippen LogP contribution in [0.25, 0.3) is 21.0 Å². The van der Waals surface area contributed by atoms with Crippen LogP contribution in [0.5, 0.6) is 5.75 Å². The number of ether oxygens (including phenoxy) is 1. The molecule has 0 radical (unpaired) electrons. The fourth-order valence-corrected chi connectivity index (χ4v) is 5.70. The van der Waals surface area contributed by atoms with Crippen LogP contribution >= 0.6 is 11.3 Å². The maximum absolute atomic E-state index is 13.5. The van der Waals surface area contributed by atoms with Gasteiger partial charge in [-0.05, 0) is 32.5 Å². The van der Waals surface area contributed by atoms with Gasteiger partial charge in [0.1, 0.15) is 10.3 Å². The van der Waals surface area contributed by atoms with Gasteiger partial charge < -0.3 is 24.4 Å². The van der Waals surface area contributed by atoms with Gasteiger partial charge in [0.05, 0.1) is 17.3 Å². The fraction of sp³-hybridized carbons (Fsp3) is 0.520. The van der Waals surface area contributed by atoms with Crippen LogP contribution in [0.2, 0.25) is 0 Å². The number of aryl methyl sites for hydroxylation is 1. The van der Waals surface area contributed by atoms with E-state index in [0.717, 1.165) is 67.6 Å². The van der Waals surface area contributed by atoms with E-state index in [1.165, 1.54) is 18.4 Å². The van der Waals surface area contributed by atoms with E-state index in [-0.39, 0.29) is 11.5 Å². The normalized spacial score (nSPS) is 15.4. The van der Waals surface area contributed by atoms with E-state index in [2.05, 4.69) is 29.1 Å². The first-order valence-electron chi connectivity index (χ1n) is 11.9. The minimum atomic E-state index is -0.171. The smallest absolute Gasteiger partial charge is 0.265 e. The number of thiophene rings is 1. The van der Waals surface area contributed by atoms with Crippen molar-refractivity contribution in [2.24, 2.45) is 0 Å². The topological polar surface area (TPSA) is 66.8 Å². The highest BCUT2D eigenvalue weighted by Crippen LogP contribution is 2.39. The lowest BCUT2D eigenvalue weighted by Gasteiger charge is -2.32. The number of unbranched alkanes of at least 4 members (excludes halogenated alkanes) is 1. The number of piperazine rings is 1. The van der Waals surface area contributed by atoms with Gasteiger partial charge in [-0.3, -0.25) is 9.59 Å². The van der Waals surface area contributed by atoms with Crippen LogP contribution in [-0.2, 0) is 6.54 Å². The fourth-order valence-electron chi connectivity index (χ4n) is 4.48. The highest BCUT2D eigenvalue weighted by Gasteiger charge is 2.24. The predicted octanol–water partition coefficient (Wildman–Crippen LogP) is 3.39. The van der Waals surface area contributed by atoms with E-state index in [9.17, 15) is 9.59 Å². The molecule has 1 fully saturated rings. The summed E-state index contributed by atoms with van der Waals surface area (Å²) in [6.45, 7) is 8.68. The van der Waals surface area contributed by atoms with Crippen molar-refractivity contribution in [1.29, 1.82) is 0 Å². The number of fused-ring (bicyclic) bond motifs is 3. The number of benzene rings is 1. The van der Waals surface area contributed by atoms with Gasteiger partial charge in [-0.25, -0.2) is 0 Å². The summed E-state index contributed by atoms with van der Waals surface area (Å²) < 4.78 is 8.29. The molecule has 0 unspecified atom stereocenters. The zero-order valence-electron chi connectivity index (χ0n) is 19.9. The summed E-state index contributed by atoms with van der Waals surface area (Å²) >= 11 is 1.35. The molecule has 0 aliphatic carbocycles. The summed E-state index contributed by atoms with van der Waals surface area (Å²) in [7, 11) is 3.69. The maximum Gasteiger partial charge on any atom is 0.265 e. The third-order valence-corrected chi connectivity index (χ3v) is 7.64. The van der Waals surface area contributed by atoms with Crippen LogP contribution < -0.4 is 15.6 Å². The average molecular weight is 471 g/mol.